The number of ether oxygens (including phenoxy) is 2. The number of dihydropyridines is 1. The number of rotatable bonds is 7. The lowest BCUT2D eigenvalue weighted by Gasteiger charge is -2.37. The molecule has 2 atom stereocenters. The first-order valence-electron chi connectivity index (χ1n) is 12.9. The van der Waals surface area contributed by atoms with Crippen molar-refractivity contribution in [1.29, 1.82) is 0 Å². The Kier molecular flexibility index (Phi) is 7.89. The summed E-state index contributed by atoms with van der Waals surface area (Å²) in [5.74, 6) is -0.919. The summed E-state index contributed by atoms with van der Waals surface area (Å²) in [6.07, 6.45) is 1.57. The third kappa shape index (κ3) is 5.50. The van der Waals surface area contributed by atoms with Crippen LogP contribution in [0.15, 0.2) is 99.8 Å². The predicted molar refractivity (Wildman–Crippen MR) is 152 cm³/mol. The summed E-state index contributed by atoms with van der Waals surface area (Å²) >= 11 is 3.41. The topological polar surface area (TPSA) is 84.9 Å². The average molecular weight is 588 g/mol. The molecule has 0 amide bonds. The summed E-state index contributed by atoms with van der Waals surface area (Å²) in [5.41, 5.74) is 5.24. The van der Waals surface area contributed by atoms with E-state index in [1.807, 2.05) is 67.6 Å². The number of allylic oxidation sites excluding steroid dienone is 3. The van der Waals surface area contributed by atoms with Crippen LogP contribution >= 0.6 is 15.9 Å². The number of hydrogen-bond donors (Lipinski definition) is 2. The van der Waals surface area contributed by atoms with Gasteiger partial charge in [0.15, 0.2) is 17.3 Å². The molecule has 0 saturated heterocycles. The average Bonchev–Trinajstić information content (AvgIpc) is 2.94. The molecular weight excluding hydrogens is 558 g/mol. The van der Waals surface area contributed by atoms with Gasteiger partial charge in [0.05, 0.1) is 23.8 Å². The molecule has 1 aliphatic carbocycles. The maximum absolute atomic E-state index is 13.8. The van der Waals surface area contributed by atoms with Gasteiger partial charge in [0, 0.05) is 35.7 Å². The van der Waals surface area contributed by atoms with E-state index in [1.165, 1.54) is 7.11 Å². The number of phenolic OH excluding ortho intramolecular Hbond substituents is 1. The molecule has 5 rings (SSSR count). The first kappa shape index (κ1) is 26.8. The van der Waals surface area contributed by atoms with Gasteiger partial charge >= 0.3 is 5.97 Å². The fraction of sp³-hybridized carbons (Fsp3) is 0.250. The Morgan fingerprint density at radius 3 is 2.41 bits per heavy atom. The highest BCUT2D eigenvalue weighted by molar-refractivity contribution is 9.10. The second-order valence-corrected chi connectivity index (χ2v) is 10.7. The number of Topliss-reactive ketones (excluding diaryl/α,β-unsaturated/α-hetero) is 1. The summed E-state index contributed by atoms with van der Waals surface area (Å²) in [6, 6.07) is 23.3. The zero-order valence-electron chi connectivity index (χ0n) is 21.9. The number of phenols is 1. The van der Waals surface area contributed by atoms with Gasteiger partial charge in [0.25, 0.3) is 0 Å². The van der Waals surface area contributed by atoms with Gasteiger partial charge < -0.3 is 19.9 Å². The number of esters is 1. The second-order valence-electron chi connectivity index (χ2n) is 9.85. The van der Waals surface area contributed by atoms with Gasteiger partial charge in [-0.2, -0.15) is 0 Å². The Morgan fingerprint density at radius 1 is 1.03 bits per heavy atom. The molecule has 200 valence electrons. The van der Waals surface area contributed by atoms with E-state index in [2.05, 4.69) is 21.2 Å². The highest BCUT2D eigenvalue weighted by Gasteiger charge is 2.42. The Morgan fingerprint density at radius 2 is 1.72 bits per heavy atom. The number of hydrogen-bond acceptors (Lipinski definition) is 6. The number of halogens is 1. The van der Waals surface area contributed by atoms with E-state index in [0.717, 1.165) is 16.8 Å². The van der Waals surface area contributed by atoms with Crippen molar-refractivity contribution in [2.24, 2.45) is 0 Å². The zero-order valence-corrected chi connectivity index (χ0v) is 23.5. The zero-order chi connectivity index (χ0) is 27.5. The normalized spacial score (nSPS) is 18.9. The molecule has 0 radical (unpaired) electrons. The van der Waals surface area contributed by atoms with Crippen LogP contribution in [0.25, 0.3) is 0 Å². The summed E-state index contributed by atoms with van der Waals surface area (Å²) in [7, 11) is 1.47. The largest absolute Gasteiger partial charge is 0.503 e. The highest BCUT2D eigenvalue weighted by Crippen LogP contribution is 2.48. The maximum Gasteiger partial charge on any atom is 0.336 e. The van der Waals surface area contributed by atoms with Crippen molar-refractivity contribution >= 4 is 27.7 Å². The molecule has 0 aromatic heterocycles. The van der Waals surface area contributed by atoms with Crippen LogP contribution in [0.4, 0.5) is 0 Å². The fourth-order valence-electron chi connectivity index (χ4n) is 5.50. The van der Waals surface area contributed by atoms with Crippen LogP contribution in [-0.2, 0) is 20.7 Å². The first-order chi connectivity index (χ1) is 18.9. The molecule has 1 heterocycles. The number of ketones is 1. The summed E-state index contributed by atoms with van der Waals surface area (Å²) < 4.78 is 11.6. The second kappa shape index (κ2) is 11.5. The number of carbonyl (C=O) groups is 2. The molecule has 3 aromatic rings. The van der Waals surface area contributed by atoms with Gasteiger partial charge in [-0.05, 0) is 64.0 Å². The standard InChI is InChI=1S/C32H30BrNO5/c1-19-28(32(37)39-14-13-20-9-5-3-6-10-20)29(23-15-24(33)31(36)27(18-23)38-2)30-25(34-19)16-22(17-26(30)35)21-11-7-4-8-12-21/h3-12,15,18,22,29,34,36H,13-14,16-17H2,1-2H3. The van der Waals surface area contributed by atoms with Crippen LogP contribution in [0.5, 0.6) is 11.5 Å². The van der Waals surface area contributed by atoms with Crippen LogP contribution in [0, 0.1) is 0 Å². The molecule has 0 fully saturated rings. The Hall–Kier alpha value is -3.84. The monoisotopic (exact) mass is 587 g/mol. The summed E-state index contributed by atoms with van der Waals surface area (Å²) in [6.45, 7) is 2.05. The lowest BCUT2D eigenvalue weighted by molar-refractivity contribution is -0.139. The molecule has 0 bridgehead atoms. The Bertz CT molecular complexity index is 1460. The van der Waals surface area contributed by atoms with Gasteiger partial charge in [-0.1, -0.05) is 60.7 Å². The minimum atomic E-state index is -0.666. The molecule has 39 heavy (non-hydrogen) atoms. The van der Waals surface area contributed by atoms with Crippen molar-refractivity contribution in [3.63, 3.8) is 0 Å². The van der Waals surface area contributed by atoms with Gasteiger partial charge in [-0.15, -0.1) is 0 Å². The van der Waals surface area contributed by atoms with Crippen molar-refractivity contribution in [2.75, 3.05) is 13.7 Å². The summed E-state index contributed by atoms with van der Waals surface area (Å²) in [4.78, 5) is 27.4. The van der Waals surface area contributed by atoms with Crippen LogP contribution in [-0.4, -0.2) is 30.6 Å². The van der Waals surface area contributed by atoms with Crippen molar-refractivity contribution < 1.29 is 24.2 Å². The lowest BCUT2D eigenvalue weighted by Crippen LogP contribution is -2.36. The van der Waals surface area contributed by atoms with Crippen LogP contribution in [0.2, 0.25) is 0 Å². The van der Waals surface area contributed by atoms with Gasteiger partial charge in [0.1, 0.15) is 0 Å². The minimum Gasteiger partial charge on any atom is -0.503 e. The lowest BCUT2D eigenvalue weighted by atomic mass is 9.71. The third-order valence-corrected chi connectivity index (χ3v) is 7.99. The number of nitrogens with one attached hydrogen (secondary N) is 1. The van der Waals surface area contributed by atoms with E-state index in [0.29, 0.717) is 46.1 Å². The molecule has 2 aliphatic rings. The molecule has 0 spiro atoms. The first-order valence-corrected chi connectivity index (χ1v) is 13.7. The Labute approximate surface area is 236 Å². The predicted octanol–water partition coefficient (Wildman–Crippen LogP) is 6.31. The van der Waals surface area contributed by atoms with E-state index in [4.69, 9.17) is 9.47 Å². The molecule has 0 saturated carbocycles. The molecule has 3 aromatic carbocycles. The molecule has 2 unspecified atom stereocenters. The van der Waals surface area contributed by atoms with Crippen LogP contribution in [0.3, 0.4) is 0 Å². The number of methoxy groups -OCH3 is 1. The SMILES string of the molecule is COc1cc(C2C(C(=O)OCCc3ccccc3)=C(C)NC3=C2C(=O)CC(c2ccccc2)C3)cc(Br)c1O. The van der Waals surface area contributed by atoms with Crippen LogP contribution < -0.4 is 10.1 Å². The van der Waals surface area contributed by atoms with Crippen molar-refractivity contribution in [3.05, 3.63) is 116 Å². The highest BCUT2D eigenvalue weighted by atomic mass is 79.9. The number of aromatic hydroxyl groups is 1. The van der Waals surface area contributed by atoms with Crippen molar-refractivity contribution in [1.82, 2.24) is 5.32 Å². The third-order valence-electron chi connectivity index (χ3n) is 7.39. The number of benzene rings is 3. The maximum atomic E-state index is 13.8. The van der Waals surface area contributed by atoms with Crippen molar-refractivity contribution in [2.45, 2.75) is 38.0 Å². The van der Waals surface area contributed by atoms with E-state index in [-0.39, 0.29) is 29.8 Å². The van der Waals surface area contributed by atoms with E-state index >= 15 is 0 Å². The fourth-order valence-corrected chi connectivity index (χ4v) is 5.96. The quantitative estimate of drug-likeness (QED) is 0.315. The van der Waals surface area contributed by atoms with E-state index < -0.39 is 11.9 Å². The number of carbonyl (C=O) groups excluding carboxylic acids is 2. The molecule has 7 heteroatoms. The molecule has 6 nitrogen and oxygen atoms in total. The molecule has 2 N–H and O–H groups in total. The van der Waals surface area contributed by atoms with E-state index in [1.54, 1.807) is 12.1 Å². The molecular formula is C32H30BrNO5. The van der Waals surface area contributed by atoms with Gasteiger partial charge in [-0.25, -0.2) is 4.79 Å². The molecule has 1 aliphatic heterocycles. The van der Waals surface area contributed by atoms with Crippen LogP contribution in [0.1, 0.15) is 48.3 Å². The van der Waals surface area contributed by atoms with Crippen molar-refractivity contribution in [3.8, 4) is 11.5 Å². The Balaban J connectivity index is 1.52. The van der Waals surface area contributed by atoms with Gasteiger partial charge in [0.2, 0.25) is 0 Å². The summed E-state index contributed by atoms with van der Waals surface area (Å²) in [5, 5.41) is 13.8. The smallest absolute Gasteiger partial charge is 0.336 e. The van der Waals surface area contributed by atoms with Gasteiger partial charge in [-0.3, -0.25) is 4.79 Å². The van der Waals surface area contributed by atoms with E-state index in [9.17, 15) is 14.7 Å². The minimum absolute atomic E-state index is 0.0205.